The van der Waals surface area contributed by atoms with Crippen LogP contribution in [0.25, 0.3) is 5.57 Å². The Hall–Kier alpha value is -2.37. The van der Waals surface area contributed by atoms with Gasteiger partial charge in [-0.15, -0.1) is 0 Å². The number of carbonyl (C=O) groups excluding carboxylic acids is 2. The summed E-state index contributed by atoms with van der Waals surface area (Å²) in [6, 6.07) is 11.0. The lowest BCUT2D eigenvalue weighted by Crippen LogP contribution is -2.37. The normalized spacial score (nSPS) is 17.5. The van der Waals surface area contributed by atoms with Crippen molar-refractivity contribution < 1.29 is 14.0 Å². The molecule has 1 saturated heterocycles. The minimum absolute atomic E-state index is 0.129. The van der Waals surface area contributed by atoms with E-state index >= 15 is 0 Å². The van der Waals surface area contributed by atoms with Gasteiger partial charge in [0.2, 0.25) is 0 Å². The molecule has 0 radical (unpaired) electrons. The maximum Gasteiger partial charge on any atom is 0.278 e. The van der Waals surface area contributed by atoms with Gasteiger partial charge in [0.25, 0.3) is 11.8 Å². The van der Waals surface area contributed by atoms with Gasteiger partial charge < -0.3 is 4.90 Å². The third-order valence-electron chi connectivity index (χ3n) is 5.30. The number of carbonyl (C=O) groups is 2. The van der Waals surface area contributed by atoms with Crippen LogP contribution in [0.15, 0.2) is 48.2 Å². The zero-order valence-corrected chi connectivity index (χ0v) is 17.1. The standard InChI is InChI=1S/C22H19Cl2FN2O2/c23-15-8-9-16(17(24)12-15)19-20(26-10-4-1-5-11-26)22(29)27(21(19)28)13-14-6-2-3-7-18(14)25/h2-3,6-9,12H,1,4-5,10-11,13H2. The van der Waals surface area contributed by atoms with Gasteiger partial charge in [-0.3, -0.25) is 14.5 Å². The van der Waals surface area contributed by atoms with Crippen LogP contribution in [0.4, 0.5) is 4.39 Å². The fraction of sp³-hybridized carbons (Fsp3) is 0.273. The molecule has 2 aromatic carbocycles. The van der Waals surface area contributed by atoms with E-state index in [9.17, 15) is 14.0 Å². The van der Waals surface area contributed by atoms with Gasteiger partial charge in [0.15, 0.2) is 0 Å². The number of imide groups is 1. The van der Waals surface area contributed by atoms with E-state index in [1.165, 1.54) is 6.07 Å². The average molecular weight is 433 g/mol. The van der Waals surface area contributed by atoms with E-state index in [2.05, 4.69) is 0 Å². The number of amides is 2. The summed E-state index contributed by atoms with van der Waals surface area (Å²) < 4.78 is 14.2. The molecule has 150 valence electrons. The van der Waals surface area contributed by atoms with Crippen LogP contribution in [-0.4, -0.2) is 34.7 Å². The molecule has 4 nitrogen and oxygen atoms in total. The van der Waals surface area contributed by atoms with Crippen molar-refractivity contribution in [3.05, 3.63) is 75.2 Å². The molecule has 2 aromatic rings. The van der Waals surface area contributed by atoms with Gasteiger partial charge in [-0.2, -0.15) is 0 Å². The molecule has 0 aliphatic carbocycles. The molecule has 0 unspecified atom stereocenters. The van der Waals surface area contributed by atoms with Gasteiger partial charge in [0.05, 0.1) is 17.1 Å². The van der Waals surface area contributed by atoms with E-state index in [0.29, 0.717) is 34.4 Å². The number of nitrogens with zero attached hydrogens (tertiary/aromatic N) is 2. The molecule has 2 amide bonds. The van der Waals surface area contributed by atoms with Crippen LogP contribution < -0.4 is 0 Å². The summed E-state index contributed by atoms with van der Waals surface area (Å²) in [6.45, 7) is 1.25. The molecule has 1 fully saturated rings. The van der Waals surface area contributed by atoms with Crippen molar-refractivity contribution in [1.82, 2.24) is 9.80 Å². The number of benzene rings is 2. The molecule has 7 heteroatoms. The highest BCUT2D eigenvalue weighted by Crippen LogP contribution is 2.37. The number of hydrogen-bond donors (Lipinski definition) is 0. The van der Waals surface area contributed by atoms with Crippen LogP contribution in [0.2, 0.25) is 10.0 Å². The fourth-order valence-electron chi connectivity index (χ4n) is 3.85. The van der Waals surface area contributed by atoms with Crippen LogP contribution in [0, 0.1) is 5.82 Å². The lowest BCUT2D eigenvalue weighted by atomic mass is 10.0. The summed E-state index contributed by atoms with van der Waals surface area (Å²) in [6.07, 6.45) is 2.97. The second-order valence-electron chi connectivity index (χ2n) is 7.18. The van der Waals surface area contributed by atoms with Crippen LogP contribution in [-0.2, 0) is 16.1 Å². The Morgan fingerprint density at radius 3 is 2.34 bits per heavy atom. The molecule has 2 heterocycles. The molecular formula is C22H19Cl2FN2O2. The summed E-state index contributed by atoms with van der Waals surface area (Å²) in [4.78, 5) is 29.7. The number of likely N-dealkylation sites (tertiary alicyclic amines) is 1. The SMILES string of the molecule is O=C1C(c2ccc(Cl)cc2Cl)=C(N2CCCCC2)C(=O)N1Cc1ccccc1F. The molecule has 0 N–H and O–H groups in total. The van der Waals surface area contributed by atoms with Crippen molar-refractivity contribution in [3.8, 4) is 0 Å². The van der Waals surface area contributed by atoms with Gasteiger partial charge in [-0.25, -0.2) is 4.39 Å². The lowest BCUT2D eigenvalue weighted by molar-refractivity contribution is -0.138. The summed E-state index contributed by atoms with van der Waals surface area (Å²) in [7, 11) is 0. The summed E-state index contributed by atoms with van der Waals surface area (Å²) >= 11 is 12.4. The molecule has 0 atom stereocenters. The van der Waals surface area contributed by atoms with Crippen LogP contribution in [0.1, 0.15) is 30.4 Å². The van der Waals surface area contributed by atoms with Gasteiger partial charge in [0.1, 0.15) is 11.5 Å². The van der Waals surface area contributed by atoms with Crippen LogP contribution in [0.5, 0.6) is 0 Å². The molecule has 2 aliphatic rings. The van der Waals surface area contributed by atoms with Crippen molar-refractivity contribution in [2.24, 2.45) is 0 Å². The maximum absolute atomic E-state index is 14.2. The predicted molar refractivity (Wildman–Crippen MR) is 111 cm³/mol. The van der Waals surface area contributed by atoms with Crippen LogP contribution >= 0.6 is 23.2 Å². The largest absolute Gasteiger partial charge is 0.366 e. The van der Waals surface area contributed by atoms with Crippen molar-refractivity contribution >= 4 is 40.6 Å². The number of rotatable bonds is 4. The Bertz CT molecular complexity index is 1020. The fourth-order valence-corrected chi connectivity index (χ4v) is 4.35. The van der Waals surface area contributed by atoms with E-state index in [0.717, 1.165) is 24.2 Å². The van der Waals surface area contributed by atoms with Gasteiger partial charge in [0, 0.05) is 29.2 Å². The molecule has 0 spiro atoms. The first-order valence-electron chi connectivity index (χ1n) is 9.51. The summed E-state index contributed by atoms with van der Waals surface area (Å²) in [5.41, 5.74) is 1.35. The van der Waals surface area contributed by atoms with Gasteiger partial charge >= 0.3 is 0 Å². The third kappa shape index (κ3) is 3.77. The maximum atomic E-state index is 14.2. The average Bonchev–Trinajstić information content (AvgIpc) is 2.95. The highest BCUT2D eigenvalue weighted by Gasteiger charge is 2.42. The molecule has 0 aromatic heterocycles. The molecular weight excluding hydrogens is 414 g/mol. The Labute approximate surface area is 178 Å². The van der Waals surface area contributed by atoms with E-state index in [1.807, 2.05) is 4.90 Å². The second kappa shape index (κ2) is 8.17. The number of hydrogen-bond acceptors (Lipinski definition) is 3. The van der Waals surface area contributed by atoms with Gasteiger partial charge in [-0.05, 0) is 37.5 Å². The van der Waals surface area contributed by atoms with E-state index in [-0.39, 0.29) is 17.7 Å². The topological polar surface area (TPSA) is 40.6 Å². The van der Waals surface area contributed by atoms with Crippen LogP contribution in [0.3, 0.4) is 0 Å². The quantitative estimate of drug-likeness (QED) is 0.645. The number of piperidine rings is 1. The monoisotopic (exact) mass is 432 g/mol. The zero-order valence-electron chi connectivity index (χ0n) is 15.6. The van der Waals surface area contributed by atoms with Crippen molar-refractivity contribution in [2.45, 2.75) is 25.8 Å². The first-order valence-corrected chi connectivity index (χ1v) is 10.3. The highest BCUT2D eigenvalue weighted by atomic mass is 35.5. The van der Waals surface area contributed by atoms with Crippen molar-refractivity contribution in [2.75, 3.05) is 13.1 Å². The van der Waals surface area contributed by atoms with Crippen molar-refractivity contribution in [3.63, 3.8) is 0 Å². The Kier molecular flexibility index (Phi) is 5.61. The third-order valence-corrected chi connectivity index (χ3v) is 5.85. The first kappa shape index (κ1) is 19.9. The smallest absolute Gasteiger partial charge is 0.278 e. The zero-order chi connectivity index (χ0) is 20.5. The highest BCUT2D eigenvalue weighted by molar-refractivity contribution is 6.41. The van der Waals surface area contributed by atoms with E-state index in [4.69, 9.17) is 23.2 Å². The molecule has 29 heavy (non-hydrogen) atoms. The predicted octanol–water partition coefficient (Wildman–Crippen LogP) is 4.90. The minimum Gasteiger partial charge on any atom is -0.366 e. The van der Waals surface area contributed by atoms with E-state index < -0.39 is 17.6 Å². The molecule has 4 rings (SSSR count). The Balaban J connectivity index is 1.78. The molecule has 2 aliphatic heterocycles. The minimum atomic E-state index is -0.469. The Morgan fingerprint density at radius 1 is 0.931 bits per heavy atom. The molecule has 0 bridgehead atoms. The molecule has 0 saturated carbocycles. The van der Waals surface area contributed by atoms with Gasteiger partial charge in [-0.1, -0.05) is 47.5 Å². The van der Waals surface area contributed by atoms with Crippen molar-refractivity contribution in [1.29, 1.82) is 0 Å². The summed E-state index contributed by atoms with van der Waals surface area (Å²) in [5, 5.41) is 0.745. The second-order valence-corrected chi connectivity index (χ2v) is 8.03. The Morgan fingerprint density at radius 2 is 1.66 bits per heavy atom. The lowest BCUT2D eigenvalue weighted by Gasteiger charge is -2.29. The summed E-state index contributed by atoms with van der Waals surface area (Å²) in [5.74, 6) is -1.34. The first-order chi connectivity index (χ1) is 14.0. The van der Waals surface area contributed by atoms with E-state index in [1.54, 1.807) is 36.4 Å². The number of halogens is 3.